The number of hydrogen-bond acceptors (Lipinski definition) is 5. The Morgan fingerprint density at radius 2 is 1.73 bits per heavy atom. The molecule has 1 aliphatic rings. The van der Waals surface area contributed by atoms with Crippen LogP contribution in [0.2, 0.25) is 5.02 Å². The van der Waals surface area contributed by atoms with E-state index in [0.29, 0.717) is 27.6 Å². The van der Waals surface area contributed by atoms with Gasteiger partial charge >= 0.3 is 5.97 Å². The van der Waals surface area contributed by atoms with E-state index in [-0.39, 0.29) is 5.92 Å². The second kappa shape index (κ2) is 10.2. The highest BCUT2D eigenvalue weighted by Gasteiger charge is 2.46. The Hall–Kier alpha value is -3.20. The van der Waals surface area contributed by atoms with E-state index in [1.807, 2.05) is 67.6 Å². The van der Waals surface area contributed by atoms with Crippen molar-refractivity contribution in [1.82, 2.24) is 5.32 Å². The number of nitrogens with zero attached hydrogens (tertiary/aromatic N) is 1. The van der Waals surface area contributed by atoms with Gasteiger partial charge in [-0.2, -0.15) is 5.26 Å². The molecule has 0 spiro atoms. The van der Waals surface area contributed by atoms with E-state index in [9.17, 15) is 10.1 Å². The second-order valence-corrected chi connectivity index (χ2v) is 9.32. The lowest BCUT2D eigenvalue weighted by molar-refractivity contribution is -0.0455. The number of nitrogens with one attached hydrogen (secondary N) is 1. The van der Waals surface area contributed by atoms with E-state index in [1.54, 1.807) is 24.3 Å². The van der Waals surface area contributed by atoms with Crippen LogP contribution in [0.5, 0.6) is 0 Å². The van der Waals surface area contributed by atoms with Crippen LogP contribution in [0.3, 0.4) is 0 Å². The highest BCUT2D eigenvalue weighted by molar-refractivity contribution is 8.03. The molecule has 3 aromatic carbocycles. The summed E-state index contributed by atoms with van der Waals surface area (Å²) in [7, 11) is 0. The Morgan fingerprint density at radius 3 is 2.36 bits per heavy atom. The predicted octanol–water partition coefficient (Wildman–Crippen LogP) is 6.62. The lowest BCUT2D eigenvalue weighted by atomic mass is 9.80. The van der Waals surface area contributed by atoms with Crippen LogP contribution in [0.4, 0.5) is 0 Å². The zero-order chi connectivity index (χ0) is 23.3. The smallest absolute Gasteiger partial charge is 0.340 e. The van der Waals surface area contributed by atoms with Gasteiger partial charge in [-0.15, -0.1) is 11.8 Å². The molecule has 0 aromatic heterocycles. The van der Waals surface area contributed by atoms with Crippen LogP contribution in [0.25, 0.3) is 0 Å². The first kappa shape index (κ1) is 23.0. The maximum Gasteiger partial charge on any atom is 0.340 e. The lowest BCUT2D eigenvalue weighted by Crippen LogP contribution is -2.49. The number of carbonyl (C=O) groups is 1. The van der Waals surface area contributed by atoms with Gasteiger partial charge in [0.25, 0.3) is 0 Å². The topological polar surface area (TPSA) is 62.1 Å². The summed E-state index contributed by atoms with van der Waals surface area (Å²) in [5.41, 5.74) is 1.52. The quantitative estimate of drug-likeness (QED) is 0.407. The van der Waals surface area contributed by atoms with E-state index in [1.165, 1.54) is 11.8 Å². The molecule has 4 rings (SSSR count). The number of esters is 1. The Labute approximate surface area is 203 Å². The lowest BCUT2D eigenvalue weighted by Gasteiger charge is -2.42. The van der Waals surface area contributed by atoms with Gasteiger partial charge in [0.1, 0.15) is 0 Å². The molecule has 2 atom stereocenters. The Morgan fingerprint density at radius 1 is 1.09 bits per heavy atom. The summed E-state index contributed by atoms with van der Waals surface area (Å²) in [5, 5.41) is 14.8. The number of ether oxygens (including phenoxy) is 1. The molecule has 4 nitrogen and oxygen atoms in total. The summed E-state index contributed by atoms with van der Waals surface area (Å²) < 4.78 is 6.26. The molecule has 166 valence electrons. The zero-order valence-corrected chi connectivity index (χ0v) is 19.7. The van der Waals surface area contributed by atoms with Crippen molar-refractivity contribution >= 4 is 29.3 Å². The van der Waals surface area contributed by atoms with E-state index < -0.39 is 11.7 Å². The maximum atomic E-state index is 13.2. The zero-order valence-electron chi connectivity index (χ0n) is 18.1. The minimum absolute atomic E-state index is 0.329. The van der Waals surface area contributed by atoms with Crippen molar-refractivity contribution in [1.29, 1.82) is 5.26 Å². The number of rotatable bonds is 6. The number of hydrogen-bond donors (Lipinski definition) is 1. The number of carbonyl (C=O) groups excluding carboxylic acids is 1. The van der Waals surface area contributed by atoms with E-state index in [2.05, 4.69) is 11.4 Å². The van der Waals surface area contributed by atoms with Gasteiger partial charge < -0.3 is 10.1 Å². The molecule has 0 aliphatic carbocycles. The fourth-order valence-corrected chi connectivity index (χ4v) is 5.21. The van der Waals surface area contributed by atoms with Gasteiger partial charge in [0.05, 0.1) is 22.2 Å². The first-order valence-corrected chi connectivity index (χ1v) is 12.1. The highest BCUT2D eigenvalue weighted by atomic mass is 35.5. The average Bonchev–Trinajstić information content (AvgIpc) is 2.85. The highest BCUT2D eigenvalue weighted by Crippen LogP contribution is 2.47. The molecule has 6 heteroatoms. The molecule has 0 fully saturated rings. The first-order valence-electron chi connectivity index (χ1n) is 10.7. The Balaban J connectivity index is 1.87. The molecule has 33 heavy (non-hydrogen) atoms. The summed E-state index contributed by atoms with van der Waals surface area (Å²) >= 11 is 8.10. The fourth-order valence-electron chi connectivity index (χ4n) is 4.07. The van der Waals surface area contributed by atoms with Gasteiger partial charge in [0.15, 0.2) is 0 Å². The molecule has 1 aliphatic heterocycles. The third kappa shape index (κ3) is 4.78. The van der Waals surface area contributed by atoms with Crippen molar-refractivity contribution < 1.29 is 9.53 Å². The predicted molar refractivity (Wildman–Crippen MR) is 133 cm³/mol. The molecule has 0 radical (unpaired) electrons. The van der Waals surface area contributed by atoms with Crippen LogP contribution < -0.4 is 5.32 Å². The number of thioether (sulfide) groups is 1. The molecule has 1 heterocycles. The van der Waals surface area contributed by atoms with Crippen LogP contribution in [0, 0.1) is 11.3 Å². The van der Waals surface area contributed by atoms with Crippen molar-refractivity contribution in [3.63, 3.8) is 0 Å². The fraction of sp³-hybridized carbons (Fsp3) is 0.185. The van der Waals surface area contributed by atoms with Gasteiger partial charge in [-0.25, -0.2) is 4.79 Å². The Bertz CT molecular complexity index is 1210. The summed E-state index contributed by atoms with van der Waals surface area (Å²) in [6.45, 7) is 2.02. The summed E-state index contributed by atoms with van der Waals surface area (Å²) in [5.74, 6) is -0.0332. The molecule has 0 saturated heterocycles. The van der Waals surface area contributed by atoms with Gasteiger partial charge in [-0.3, -0.25) is 0 Å². The van der Waals surface area contributed by atoms with Crippen LogP contribution in [-0.4, -0.2) is 11.7 Å². The average molecular weight is 475 g/mol. The molecule has 3 aromatic rings. The normalized spacial score (nSPS) is 20.0. The standard InChI is InChI=1S/C27H23ClN2O2S/c1-2-33-25-23(18-29)22(21-15-9-10-16-24(21)28)17-27(30-25,20-13-7-4-8-14-20)32-26(31)19-11-5-3-6-12-19/h3-16,22,30H,2,17H2,1H3/t22-,27-/m0/s1. The van der Waals surface area contributed by atoms with Crippen molar-refractivity contribution in [2.45, 2.75) is 25.0 Å². The molecule has 0 amide bonds. The Kier molecular flexibility index (Phi) is 7.08. The third-order valence-electron chi connectivity index (χ3n) is 5.61. The summed E-state index contributed by atoms with van der Waals surface area (Å²) in [6.07, 6.45) is 0.329. The molecule has 1 N–H and O–H groups in total. The van der Waals surface area contributed by atoms with Crippen molar-refractivity contribution in [3.05, 3.63) is 117 Å². The molecule has 0 unspecified atom stereocenters. The minimum Gasteiger partial charge on any atom is -0.431 e. The SMILES string of the molecule is CCSC1=C(C#N)[C@H](c2ccccc2Cl)C[C@](OC(=O)c2ccccc2)(c2ccccc2)N1. The second-order valence-electron chi connectivity index (χ2n) is 7.64. The molecular formula is C27H23ClN2O2S. The van der Waals surface area contributed by atoms with Crippen molar-refractivity contribution in [2.75, 3.05) is 5.75 Å². The van der Waals surface area contributed by atoms with Crippen LogP contribution >= 0.6 is 23.4 Å². The van der Waals surface area contributed by atoms with Gasteiger partial charge in [0, 0.05) is 22.9 Å². The molecule has 0 saturated carbocycles. The monoisotopic (exact) mass is 474 g/mol. The van der Waals surface area contributed by atoms with Crippen molar-refractivity contribution in [3.8, 4) is 6.07 Å². The number of nitriles is 1. The summed E-state index contributed by atoms with van der Waals surface area (Å²) in [4.78, 5) is 13.2. The largest absolute Gasteiger partial charge is 0.431 e. The molecule has 0 bridgehead atoms. The van der Waals surface area contributed by atoms with E-state index in [0.717, 1.165) is 16.9 Å². The molecular weight excluding hydrogens is 452 g/mol. The van der Waals surface area contributed by atoms with Gasteiger partial charge in [-0.05, 0) is 29.5 Å². The van der Waals surface area contributed by atoms with Crippen LogP contribution in [0.1, 0.15) is 40.7 Å². The van der Waals surface area contributed by atoms with Gasteiger partial charge in [0.2, 0.25) is 5.72 Å². The third-order valence-corrected chi connectivity index (χ3v) is 6.85. The van der Waals surface area contributed by atoms with E-state index in [4.69, 9.17) is 16.3 Å². The maximum absolute atomic E-state index is 13.2. The van der Waals surface area contributed by atoms with E-state index >= 15 is 0 Å². The van der Waals surface area contributed by atoms with Crippen LogP contribution in [0.15, 0.2) is 95.5 Å². The van der Waals surface area contributed by atoms with Crippen LogP contribution in [-0.2, 0) is 10.5 Å². The van der Waals surface area contributed by atoms with Crippen molar-refractivity contribution in [2.24, 2.45) is 0 Å². The first-order chi connectivity index (χ1) is 16.1. The number of halogens is 1. The summed E-state index contributed by atoms with van der Waals surface area (Å²) in [6, 6.07) is 28.4. The number of allylic oxidation sites excluding steroid dienone is 1. The number of benzene rings is 3. The minimum atomic E-state index is -1.17. The van der Waals surface area contributed by atoms with Gasteiger partial charge in [-0.1, -0.05) is 85.3 Å².